The van der Waals surface area contributed by atoms with Gasteiger partial charge in [0.25, 0.3) is 5.69 Å². The van der Waals surface area contributed by atoms with E-state index in [2.05, 4.69) is 4.74 Å². The Morgan fingerprint density at radius 2 is 1.88 bits per heavy atom. The van der Waals surface area contributed by atoms with Gasteiger partial charge in [0.1, 0.15) is 0 Å². The fraction of sp³-hybridized carbons (Fsp3) is 0.273. The average molecular weight is 235 g/mol. The van der Waals surface area contributed by atoms with Crippen LogP contribution in [0, 0.1) is 10.1 Å². The molecule has 0 spiro atoms. The number of carbonyl (C=O) groups is 2. The first-order valence-corrected chi connectivity index (χ1v) is 5.07. The second-order valence-corrected chi connectivity index (χ2v) is 3.73. The van der Waals surface area contributed by atoms with E-state index in [1.54, 1.807) is 0 Å². The average Bonchev–Trinajstić information content (AvgIpc) is 2.29. The predicted octanol–water partition coefficient (Wildman–Crippen LogP) is 1.54. The van der Waals surface area contributed by atoms with E-state index >= 15 is 0 Å². The molecule has 1 aromatic rings. The molecule has 0 radical (unpaired) electrons. The third-order valence-electron chi connectivity index (χ3n) is 2.64. The van der Waals surface area contributed by atoms with E-state index in [4.69, 9.17) is 0 Å². The minimum absolute atomic E-state index is 0.0333. The van der Waals surface area contributed by atoms with E-state index in [0.29, 0.717) is 12.0 Å². The fourth-order valence-corrected chi connectivity index (χ4v) is 1.75. The van der Waals surface area contributed by atoms with Crippen molar-refractivity contribution in [3.05, 3.63) is 39.9 Å². The summed E-state index contributed by atoms with van der Waals surface area (Å²) >= 11 is 0. The van der Waals surface area contributed by atoms with E-state index in [-0.39, 0.29) is 12.1 Å². The van der Waals surface area contributed by atoms with Crippen molar-refractivity contribution in [1.29, 1.82) is 0 Å². The lowest BCUT2D eigenvalue weighted by Gasteiger charge is -2.19. The van der Waals surface area contributed by atoms with Gasteiger partial charge in [-0.15, -0.1) is 0 Å². The first-order chi connectivity index (χ1) is 8.08. The molecule has 1 aliphatic rings. The second kappa shape index (κ2) is 4.32. The van der Waals surface area contributed by atoms with E-state index < -0.39 is 22.8 Å². The Bertz CT molecular complexity index is 479. The molecular weight excluding hydrogens is 226 g/mol. The minimum Gasteiger partial charge on any atom is -0.393 e. The summed E-state index contributed by atoms with van der Waals surface area (Å²) < 4.78 is 4.52. The van der Waals surface area contributed by atoms with Crippen LogP contribution in [0.5, 0.6) is 0 Å². The van der Waals surface area contributed by atoms with Gasteiger partial charge in [-0.05, 0) is 12.0 Å². The van der Waals surface area contributed by atoms with Crippen molar-refractivity contribution in [2.75, 3.05) is 0 Å². The summed E-state index contributed by atoms with van der Waals surface area (Å²) in [5.41, 5.74) is 0.599. The molecular formula is C11H9NO5. The summed E-state index contributed by atoms with van der Waals surface area (Å²) in [6, 6.07) is 5.69. The maximum atomic E-state index is 11.4. The molecule has 1 atom stereocenters. The highest BCUT2D eigenvalue weighted by Crippen LogP contribution is 2.28. The first kappa shape index (κ1) is 11.3. The van der Waals surface area contributed by atoms with Crippen molar-refractivity contribution in [2.45, 2.75) is 18.8 Å². The van der Waals surface area contributed by atoms with Crippen LogP contribution in [0.2, 0.25) is 0 Å². The number of non-ortho nitro benzene ring substituents is 1. The summed E-state index contributed by atoms with van der Waals surface area (Å²) in [4.78, 5) is 32.3. The predicted molar refractivity (Wildman–Crippen MR) is 56.2 cm³/mol. The Labute approximate surface area is 96.3 Å². The lowest BCUT2D eigenvalue weighted by Crippen LogP contribution is -2.26. The van der Waals surface area contributed by atoms with Gasteiger partial charge in [-0.1, -0.05) is 12.1 Å². The van der Waals surface area contributed by atoms with Crippen LogP contribution in [-0.2, 0) is 14.3 Å². The van der Waals surface area contributed by atoms with Crippen LogP contribution < -0.4 is 0 Å². The summed E-state index contributed by atoms with van der Waals surface area (Å²) in [6.07, 6.45) is 0.572. The van der Waals surface area contributed by atoms with Crippen LogP contribution in [0.4, 0.5) is 5.69 Å². The largest absolute Gasteiger partial charge is 0.393 e. The van der Waals surface area contributed by atoms with Gasteiger partial charge < -0.3 is 4.74 Å². The molecule has 0 amide bonds. The number of ether oxygens (including phenoxy) is 1. The third-order valence-corrected chi connectivity index (χ3v) is 2.64. The number of nitro benzene ring substituents is 1. The smallest absolute Gasteiger partial charge is 0.321 e. The zero-order valence-electron chi connectivity index (χ0n) is 8.79. The molecule has 17 heavy (non-hydrogen) atoms. The van der Waals surface area contributed by atoms with E-state index in [0.717, 1.165) is 0 Å². The minimum atomic E-state index is -0.588. The second-order valence-electron chi connectivity index (χ2n) is 3.73. The Morgan fingerprint density at radius 3 is 2.41 bits per heavy atom. The maximum Gasteiger partial charge on any atom is 0.321 e. The number of rotatable bonds is 2. The van der Waals surface area contributed by atoms with Crippen LogP contribution in [0.3, 0.4) is 0 Å². The van der Waals surface area contributed by atoms with Crippen molar-refractivity contribution in [3.8, 4) is 0 Å². The summed E-state index contributed by atoms with van der Waals surface area (Å²) in [6.45, 7) is 0. The maximum absolute atomic E-state index is 11.4. The molecule has 2 rings (SSSR count). The molecule has 0 N–H and O–H groups in total. The van der Waals surface area contributed by atoms with Crippen molar-refractivity contribution in [2.24, 2.45) is 0 Å². The zero-order valence-corrected chi connectivity index (χ0v) is 8.79. The molecule has 1 unspecified atom stereocenters. The number of cyclic esters (lactones) is 2. The van der Waals surface area contributed by atoms with Crippen LogP contribution in [-0.4, -0.2) is 16.9 Å². The van der Waals surface area contributed by atoms with Crippen molar-refractivity contribution >= 4 is 17.6 Å². The quantitative estimate of drug-likeness (QED) is 0.336. The number of carbonyl (C=O) groups excluding carboxylic acids is 2. The summed E-state index contributed by atoms with van der Waals surface area (Å²) in [5, 5.41) is 10.5. The molecule has 0 aromatic heterocycles. The SMILES string of the molecule is O=C1CCC(c2ccc([N+](=O)[O-])cc2)C(=O)O1. The number of nitrogens with zero attached hydrogens (tertiary/aromatic N) is 1. The van der Waals surface area contributed by atoms with Gasteiger partial charge in [0, 0.05) is 18.6 Å². The van der Waals surface area contributed by atoms with E-state index in [9.17, 15) is 19.7 Å². The van der Waals surface area contributed by atoms with Gasteiger partial charge in [0.2, 0.25) is 0 Å². The van der Waals surface area contributed by atoms with Crippen LogP contribution in [0.1, 0.15) is 24.3 Å². The molecule has 1 heterocycles. The molecule has 0 bridgehead atoms. The zero-order chi connectivity index (χ0) is 12.4. The van der Waals surface area contributed by atoms with Crippen molar-refractivity contribution < 1.29 is 19.2 Å². The Kier molecular flexibility index (Phi) is 2.86. The Hall–Kier alpha value is -2.24. The van der Waals surface area contributed by atoms with E-state index in [1.807, 2.05) is 0 Å². The van der Waals surface area contributed by atoms with Crippen molar-refractivity contribution in [1.82, 2.24) is 0 Å². The highest BCUT2D eigenvalue weighted by Gasteiger charge is 2.30. The molecule has 6 nitrogen and oxygen atoms in total. The Morgan fingerprint density at radius 1 is 1.24 bits per heavy atom. The summed E-state index contributed by atoms with van der Waals surface area (Å²) in [5.74, 6) is -1.61. The van der Waals surface area contributed by atoms with Gasteiger partial charge in [-0.3, -0.25) is 19.7 Å². The molecule has 1 aromatic carbocycles. The summed E-state index contributed by atoms with van der Waals surface area (Å²) in [7, 11) is 0. The number of hydrogen-bond acceptors (Lipinski definition) is 5. The first-order valence-electron chi connectivity index (χ1n) is 5.07. The van der Waals surface area contributed by atoms with Gasteiger partial charge in [-0.2, -0.15) is 0 Å². The molecule has 88 valence electrons. The number of hydrogen-bond donors (Lipinski definition) is 0. The van der Waals surface area contributed by atoms with Crippen LogP contribution >= 0.6 is 0 Å². The lowest BCUT2D eigenvalue weighted by atomic mass is 9.92. The van der Waals surface area contributed by atoms with Gasteiger partial charge in [0.15, 0.2) is 0 Å². The van der Waals surface area contributed by atoms with Gasteiger partial charge >= 0.3 is 11.9 Å². The van der Waals surface area contributed by atoms with Crippen LogP contribution in [0.15, 0.2) is 24.3 Å². The topological polar surface area (TPSA) is 86.5 Å². The number of nitro groups is 1. The molecule has 1 saturated heterocycles. The molecule has 1 fully saturated rings. The lowest BCUT2D eigenvalue weighted by molar-refractivity contribution is -0.384. The molecule has 0 aliphatic carbocycles. The normalized spacial score (nSPS) is 19.9. The molecule has 1 aliphatic heterocycles. The highest BCUT2D eigenvalue weighted by atomic mass is 16.6. The third kappa shape index (κ3) is 2.30. The van der Waals surface area contributed by atoms with Crippen molar-refractivity contribution in [3.63, 3.8) is 0 Å². The number of benzene rings is 1. The molecule has 0 saturated carbocycles. The van der Waals surface area contributed by atoms with Gasteiger partial charge in [0.05, 0.1) is 10.8 Å². The van der Waals surface area contributed by atoms with E-state index in [1.165, 1.54) is 24.3 Å². The van der Waals surface area contributed by atoms with Crippen LogP contribution in [0.25, 0.3) is 0 Å². The Balaban J connectivity index is 2.20. The fourth-order valence-electron chi connectivity index (χ4n) is 1.75. The molecule has 6 heteroatoms. The van der Waals surface area contributed by atoms with Gasteiger partial charge in [-0.25, -0.2) is 0 Å². The monoisotopic (exact) mass is 235 g/mol. The number of esters is 2. The highest BCUT2D eigenvalue weighted by molar-refractivity contribution is 5.92. The standard InChI is InChI=1S/C11H9NO5/c13-10-6-5-9(11(14)17-10)7-1-3-8(4-2-7)12(15)16/h1-4,9H,5-6H2.